The predicted molar refractivity (Wildman–Crippen MR) is 119 cm³/mol. The average molecular weight is 413 g/mol. The molecule has 0 amide bonds. The summed E-state index contributed by atoms with van der Waals surface area (Å²) in [6.07, 6.45) is 8.38. The van der Waals surface area contributed by atoms with Crippen LogP contribution in [0.15, 0.2) is 48.9 Å². The summed E-state index contributed by atoms with van der Waals surface area (Å²) in [6, 6.07) is 12.7. The van der Waals surface area contributed by atoms with Gasteiger partial charge in [-0.2, -0.15) is 10.4 Å². The highest BCUT2D eigenvalue weighted by Crippen LogP contribution is 2.31. The number of rotatable bonds is 5. The van der Waals surface area contributed by atoms with Crippen LogP contribution in [0.1, 0.15) is 23.5 Å². The van der Waals surface area contributed by atoms with Gasteiger partial charge in [-0.1, -0.05) is 6.07 Å². The fourth-order valence-electron chi connectivity index (χ4n) is 3.79. The zero-order chi connectivity index (χ0) is 20.7. The molecule has 0 saturated carbocycles. The van der Waals surface area contributed by atoms with E-state index in [1.807, 2.05) is 37.1 Å². The maximum Gasteiger partial charge on any atom is 0.137 e. The Morgan fingerprint density at radius 1 is 1.13 bits per heavy atom. The second-order valence-electron chi connectivity index (χ2n) is 7.39. The first-order valence-electron chi connectivity index (χ1n) is 9.87. The van der Waals surface area contributed by atoms with E-state index in [0.717, 1.165) is 61.8 Å². The number of hydrogen-bond acceptors (Lipinski definition) is 5. The van der Waals surface area contributed by atoms with Crippen LogP contribution < -0.4 is 0 Å². The van der Waals surface area contributed by atoms with E-state index in [1.165, 1.54) is 0 Å². The van der Waals surface area contributed by atoms with Gasteiger partial charge < -0.3 is 0 Å². The van der Waals surface area contributed by atoms with Crippen LogP contribution in [-0.2, 0) is 13.5 Å². The van der Waals surface area contributed by atoms with E-state index >= 15 is 0 Å². The summed E-state index contributed by atoms with van der Waals surface area (Å²) in [5, 5.41) is 14.3. The highest BCUT2D eigenvalue weighted by atomic mass is 32.1. The summed E-state index contributed by atoms with van der Waals surface area (Å²) in [6.45, 7) is 2.03. The number of imidazole rings is 1. The first-order valence-corrected chi connectivity index (χ1v) is 10.7. The van der Waals surface area contributed by atoms with Crippen LogP contribution in [0.25, 0.3) is 38.2 Å². The molecule has 0 bridgehead atoms. The van der Waals surface area contributed by atoms with Crippen molar-refractivity contribution in [3.05, 3.63) is 59.6 Å². The van der Waals surface area contributed by atoms with Gasteiger partial charge in [-0.15, -0.1) is 11.3 Å². The minimum Gasteiger partial charge on any atom is -0.299 e. The van der Waals surface area contributed by atoms with Crippen LogP contribution in [0.2, 0.25) is 0 Å². The SMILES string of the molecule is Cc1nn(C)cc1-c1ccc2ncc(-c3ccc4nc(CCCC#N)sc4c3)n2c1. The van der Waals surface area contributed by atoms with Crippen molar-refractivity contribution < 1.29 is 0 Å². The fraction of sp³-hybridized carbons (Fsp3) is 0.217. The topological polar surface area (TPSA) is 71.8 Å². The van der Waals surface area contributed by atoms with Crippen molar-refractivity contribution in [2.45, 2.75) is 26.2 Å². The van der Waals surface area contributed by atoms with Crippen molar-refractivity contribution in [1.82, 2.24) is 24.1 Å². The Labute approximate surface area is 178 Å². The molecule has 0 aliphatic heterocycles. The van der Waals surface area contributed by atoms with E-state index in [4.69, 9.17) is 10.2 Å². The lowest BCUT2D eigenvalue weighted by Gasteiger charge is -2.05. The van der Waals surface area contributed by atoms with Crippen LogP contribution in [-0.4, -0.2) is 24.1 Å². The zero-order valence-corrected chi connectivity index (χ0v) is 17.6. The van der Waals surface area contributed by atoms with E-state index in [0.29, 0.717) is 6.42 Å². The summed E-state index contributed by atoms with van der Waals surface area (Å²) in [7, 11) is 1.94. The van der Waals surface area contributed by atoms with Gasteiger partial charge >= 0.3 is 0 Å². The van der Waals surface area contributed by atoms with Crippen molar-refractivity contribution in [2.75, 3.05) is 0 Å². The minimum absolute atomic E-state index is 0.571. The summed E-state index contributed by atoms with van der Waals surface area (Å²) in [5.41, 5.74) is 7.34. The number of benzene rings is 1. The van der Waals surface area contributed by atoms with Gasteiger partial charge in [0.15, 0.2) is 0 Å². The molecule has 0 fully saturated rings. The molecule has 0 saturated heterocycles. The molecule has 4 heterocycles. The van der Waals surface area contributed by atoms with Gasteiger partial charge in [-0.25, -0.2) is 9.97 Å². The number of fused-ring (bicyclic) bond motifs is 2. The largest absolute Gasteiger partial charge is 0.299 e. The number of thiazole rings is 1. The van der Waals surface area contributed by atoms with Gasteiger partial charge in [0.2, 0.25) is 0 Å². The molecular weight excluding hydrogens is 392 g/mol. The smallest absolute Gasteiger partial charge is 0.137 e. The molecule has 0 atom stereocenters. The standard InChI is InChI=1S/C23H20N6S/c1-15-18(14-28(2)27-15)17-7-9-22-25-12-20(29(22)13-17)16-6-8-19-21(11-16)30-23(26-19)5-3-4-10-24/h6-9,11-14H,3-5H2,1-2H3. The quantitative estimate of drug-likeness (QED) is 0.374. The third kappa shape index (κ3) is 3.25. The molecule has 0 aliphatic rings. The lowest BCUT2D eigenvalue weighted by atomic mass is 10.1. The summed E-state index contributed by atoms with van der Waals surface area (Å²) < 4.78 is 5.14. The van der Waals surface area contributed by atoms with Gasteiger partial charge in [0.1, 0.15) is 5.65 Å². The Hall–Kier alpha value is -3.50. The molecule has 148 valence electrons. The van der Waals surface area contributed by atoms with Crippen LogP contribution in [0.5, 0.6) is 0 Å². The predicted octanol–water partition coefficient (Wildman–Crippen LogP) is 5.17. The first kappa shape index (κ1) is 18.5. The molecule has 5 aromatic rings. The molecule has 7 heteroatoms. The molecule has 30 heavy (non-hydrogen) atoms. The molecule has 0 N–H and O–H groups in total. The normalized spacial score (nSPS) is 11.4. The highest BCUT2D eigenvalue weighted by molar-refractivity contribution is 7.18. The fourth-order valence-corrected chi connectivity index (χ4v) is 4.84. The van der Waals surface area contributed by atoms with Gasteiger partial charge in [0.25, 0.3) is 0 Å². The van der Waals surface area contributed by atoms with Gasteiger partial charge in [0.05, 0.1) is 38.9 Å². The Morgan fingerprint density at radius 3 is 2.80 bits per heavy atom. The average Bonchev–Trinajstić information content (AvgIpc) is 3.43. The van der Waals surface area contributed by atoms with E-state index in [2.05, 4.69) is 51.0 Å². The van der Waals surface area contributed by atoms with E-state index in [1.54, 1.807) is 11.3 Å². The lowest BCUT2D eigenvalue weighted by molar-refractivity contribution is 0.756. The molecule has 4 aromatic heterocycles. The van der Waals surface area contributed by atoms with E-state index < -0.39 is 0 Å². The van der Waals surface area contributed by atoms with Crippen molar-refractivity contribution in [3.63, 3.8) is 0 Å². The second kappa shape index (κ2) is 7.39. The maximum absolute atomic E-state index is 8.74. The van der Waals surface area contributed by atoms with Gasteiger partial charge in [-0.05, 0) is 37.6 Å². The first-order chi connectivity index (χ1) is 14.6. The zero-order valence-electron chi connectivity index (χ0n) is 16.8. The maximum atomic E-state index is 8.74. The van der Waals surface area contributed by atoms with Crippen molar-refractivity contribution in [3.8, 4) is 28.5 Å². The van der Waals surface area contributed by atoms with Crippen LogP contribution in [0, 0.1) is 18.3 Å². The summed E-state index contributed by atoms with van der Waals surface area (Å²) >= 11 is 1.71. The third-order valence-electron chi connectivity index (χ3n) is 5.24. The Morgan fingerprint density at radius 2 is 2.00 bits per heavy atom. The minimum atomic E-state index is 0.571. The summed E-state index contributed by atoms with van der Waals surface area (Å²) in [4.78, 5) is 9.30. The molecule has 0 aliphatic carbocycles. The van der Waals surface area contributed by atoms with Crippen molar-refractivity contribution in [1.29, 1.82) is 5.26 Å². The molecule has 0 spiro atoms. The Balaban J connectivity index is 1.55. The number of pyridine rings is 1. The van der Waals surface area contributed by atoms with Gasteiger partial charge in [-0.3, -0.25) is 9.08 Å². The second-order valence-corrected chi connectivity index (χ2v) is 8.51. The number of unbranched alkanes of at least 4 members (excludes halogenated alkanes) is 1. The molecular formula is C23H20N6S. The molecule has 0 unspecified atom stereocenters. The monoisotopic (exact) mass is 412 g/mol. The number of hydrogen-bond donors (Lipinski definition) is 0. The highest BCUT2D eigenvalue weighted by Gasteiger charge is 2.12. The van der Waals surface area contributed by atoms with Gasteiger partial charge in [0, 0.05) is 49.0 Å². The van der Waals surface area contributed by atoms with Crippen molar-refractivity contribution >= 4 is 27.2 Å². The molecule has 5 rings (SSSR count). The van der Waals surface area contributed by atoms with E-state index in [9.17, 15) is 0 Å². The Bertz CT molecular complexity index is 1420. The van der Waals surface area contributed by atoms with Crippen LogP contribution in [0.4, 0.5) is 0 Å². The number of aromatic nitrogens is 5. The Kier molecular flexibility index (Phi) is 4.57. The van der Waals surface area contributed by atoms with Crippen molar-refractivity contribution in [2.24, 2.45) is 7.05 Å². The van der Waals surface area contributed by atoms with Crippen LogP contribution >= 0.6 is 11.3 Å². The number of nitrogens with zero attached hydrogens (tertiary/aromatic N) is 6. The molecule has 0 radical (unpaired) electrons. The molecule has 6 nitrogen and oxygen atoms in total. The van der Waals surface area contributed by atoms with E-state index in [-0.39, 0.29) is 0 Å². The third-order valence-corrected chi connectivity index (χ3v) is 6.32. The summed E-state index contributed by atoms with van der Waals surface area (Å²) in [5.74, 6) is 0. The lowest BCUT2D eigenvalue weighted by Crippen LogP contribution is -1.90. The van der Waals surface area contributed by atoms with Crippen LogP contribution in [0.3, 0.4) is 0 Å². The molecule has 1 aromatic carbocycles. The number of aryl methyl sites for hydroxylation is 3. The number of nitriles is 1.